The molecule has 1 unspecified atom stereocenters. The lowest BCUT2D eigenvalue weighted by Gasteiger charge is -1.93. The van der Waals surface area contributed by atoms with Crippen molar-refractivity contribution in [3.05, 3.63) is 12.3 Å². The SMILES string of the molecule is OC1C=CON1. The molecule has 34 valence electrons. The van der Waals surface area contributed by atoms with Crippen molar-refractivity contribution in [3.8, 4) is 0 Å². The molecule has 0 saturated heterocycles. The van der Waals surface area contributed by atoms with Crippen molar-refractivity contribution >= 4 is 0 Å². The van der Waals surface area contributed by atoms with Gasteiger partial charge in [-0.2, -0.15) is 0 Å². The molecule has 0 fully saturated rings. The molecule has 0 radical (unpaired) electrons. The van der Waals surface area contributed by atoms with Crippen molar-refractivity contribution in [1.82, 2.24) is 5.48 Å². The molecule has 1 aliphatic heterocycles. The molecule has 0 aromatic rings. The number of hydroxylamine groups is 1. The summed E-state index contributed by atoms with van der Waals surface area (Å²) >= 11 is 0. The van der Waals surface area contributed by atoms with Crippen molar-refractivity contribution in [2.75, 3.05) is 0 Å². The van der Waals surface area contributed by atoms with Gasteiger partial charge < -0.3 is 9.94 Å². The molecule has 6 heavy (non-hydrogen) atoms. The Hall–Kier alpha value is -0.540. The fraction of sp³-hybridized carbons (Fsp3) is 0.333. The predicted octanol–water partition coefficient (Wildman–Crippen LogP) is -0.647. The Labute approximate surface area is 35.2 Å². The van der Waals surface area contributed by atoms with Gasteiger partial charge >= 0.3 is 0 Å². The second-order valence-electron chi connectivity index (χ2n) is 1.01. The Morgan fingerprint density at radius 2 is 2.67 bits per heavy atom. The molecular weight excluding hydrogens is 82.0 g/mol. The van der Waals surface area contributed by atoms with Crippen LogP contribution in [-0.4, -0.2) is 11.3 Å². The summed E-state index contributed by atoms with van der Waals surface area (Å²) in [4.78, 5) is 4.38. The minimum absolute atomic E-state index is 0.606. The molecule has 1 rings (SSSR count). The second-order valence-corrected chi connectivity index (χ2v) is 1.01. The number of hydrogen-bond donors (Lipinski definition) is 2. The average Bonchev–Trinajstić information content (AvgIpc) is 1.86. The van der Waals surface area contributed by atoms with E-state index in [0.29, 0.717) is 0 Å². The van der Waals surface area contributed by atoms with Crippen LogP contribution >= 0.6 is 0 Å². The quantitative estimate of drug-likeness (QED) is 0.412. The third kappa shape index (κ3) is 0.502. The van der Waals surface area contributed by atoms with Crippen molar-refractivity contribution < 1.29 is 9.94 Å². The summed E-state index contributed by atoms with van der Waals surface area (Å²) in [6, 6.07) is 0. The van der Waals surface area contributed by atoms with Gasteiger partial charge in [-0.05, 0) is 6.08 Å². The topological polar surface area (TPSA) is 41.5 Å². The van der Waals surface area contributed by atoms with E-state index >= 15 is 0 Å². The minimum Gasteiger partial charge on any atom is -0.414 e. The van der Waals surface area contributed by atoms with Crippen LogP contribution < -0.4 is 5.48 Å². The lowest BCUT2D eigenvalue weighted by Crippen LogP contribution is -2.18. The first kappa shape index (κ1) is 3.64. The summed E-state index contributed by atoms with van der Waals surface area (Å²) < 4.78 is 0. The van der Waals surface area contributed by atoms with Crippen LogP contribution in [0.1, 0.15) is 0 Å². The van der Waals surface area contributed by atoms with E-state index in [0.717, 1.165) is 0 Å². The predicted molar refractivity (Wildman–Crippen MR) is 19.4 cm³/mol. The summed E-state index contributed by atoms with van der Waals surface area (Å²) in [5.74, 6) is 0. The Balaban J connectivity index is 2.38. The molecule has 0 aliphatic carbocycles. The normalized spacial score (nSPS) is 30.5. The molecule has 1 atom stereocenters. The van der Waals surface area contributed by atoms with Crippen LogP contribution in [0.25, 0.3) is 0 Å². The maximum Gasteiger partial charge on any atom is 0.159 e. The van der Waals surface area contributed by atoms with Crippen LogP contribution in [0.4, 0.5) is 0 Å². The molecule has 0 spiro atoms. The zero-order chi connectivity index (χ0) is 4.41. The van der Waals surface area contributed by atoms with Gasteiger partial charge in [0, 0.05) is 0 Å². The van der Waals surface area contributed by atoms with Crippen LogP contribution in [0.5, 0.6) is 0 Å². The molecule has 2 N–H and O–H groups in total. The van der Waals surface area contributed by atoms with Crippen molar-refractivity contribution in [3.63, 3.8) is 0 Å². The molecule has 3 heteroatoms. The highest BCUT2D eigenvalue weighted by molar-refractivity contribution is 4.83. The average molecular weight is 87.1 g/mol. The molecule has 0 saturated carbocycles. The molecule has 1 heterocycles. The molecule has 1 aliphatic rings. The van der Waals surface area contributed by atoms with E-state index in [4.69, 9.17) is 5.11 Å². The fourth-order valence-corrected chi connectivity index (χ4v) is 0.262. The molecule has 0 bridgehead atoms. The number of aliphatic hydroxyl groups excluding tert-OH is 1. The Kier molecular flexibility index (Phi) is 0.777. The highest BCUT2D eigenvalue weighted by atomic mass is 16.7. The van der Waals surface area contributed by atoms with E-state index in [-0.39, 0.29) is 0 Å². The first-order valence-electron chi connectivity index (χ1n) is 1.65. The van der Waals surface area contributed by atoms with Crippen LogP contribution in [0.2, 0.25) is 0 Å². The lowest BCUT2D eigenvalue weighted by molar-refractivity contribution is 0.0473. The summed E-state index contributed by atoms with van der Waals surface area (Å²) in [6.45, 7) is 0. The summed E-state index contributed by atoms with van der Waals surface area (Å²) in [5.41, 5.74) is 2.26. The van der Waals surface area contributed by atoms with Crippen LogP contribution in [-0.2, 0) is 4.84 Å². The molecule has 3 nitrogen and oxygen atoms in total. The van der Waals surface area contributed by atoms with E-state index in [2.05, 4.69) is 10.3 Å². The smallest absolute Gasteiger partial charge is 0.159 e. The Bertz CT molecular complexity index is 71.2. The zero-order valence-electron chi connectivity index (χ0n) is 3.09. The number of aliphatic hydroxyl groups is 1. The monoisotopic (exact) mass is 87.0 g/mol. The lowest BCUT2D eigenvalue weighted by atomic mass is 10.6. The fourth-order valence-electron chi connectivity index (χ4n) is 0.262. The molecule has 0 aromatic heterocycles. The second kappa shape index (κ2) is 1.28. The van der Waals surface area contributed by atoms with Gasteiger partial charge in [-0.25, -0.2) is 0 Å². The Morgan fingerprint density at radius 1 is 1.83 bits per heavy atom. The highest BCUT2D eigenvalue weighted by Crippen LogP contribution is 1.88. The highest BCUT2D eigenvalue weighted by Gasteiger charge is 2.00. The third-order valence-electron chi connectivity index (χ3n) is 0.518. The van der Waals surface area contributed by atoms with Crippen LogP contribution in [0, 0.1) is 0 Å². The van der Waals surface area contributed by atoms with Gasteiger partial charge in [-0.3, -0.25) is 0 Å². The van der Waals surface area contributed by atoms with Gasteiger partial charge in [0.2, 0.25) is 0 Å². The Morgan fingerprint density at radius 3 is 2.83 bits per heavy atom. The van der Waals surface area contributed by atoms with Crippen LogP contribution in [0.3, 0.4) is 0 Å². The summed E-state index contributed by atoms with van der Waals surface area (Å²) in [7, 11) is 0. The standard InChI is InChI=1S/C3H5NO2/c5-3-1-2-6-4-3/h1-5H. The third-order valence-corrected chi connectivity index (χ3v) is 0.518. The molecular formula is C3H5NO2. The first-order chi connectivity index (χ1) is 2.89. The van der Waals surface area contributed by atoms with Gasteiger partial charge in [-0.15, -0.1) is 5.48 Å². The van der Waals surface area contributed by atoms with E-state index in [1.54, 1.807) is 0 Å². The van der Waals surface area contributed by atoms with Crippen LogP contribution in [0.15, 0.2) is 12.3 Å². The molecule has 0 aromatic carbocycles. The van der Waals surface area contributed by atoms with E-state index in [9.17, 15) is 0 Å². The minimum atomic E-state index is -0.606. The number of nitrogens with one attached hydrogen (secondary N) is 1. The van der Waals surface area contributed by atoms with Gasteiger partial charge in [0.05, 0.1) is 0 Å². The van der Waals surface area contributed by atoms with Crippen molar-refractivity contribution in [2.24, 2.45) is 0 Å². The summed E-state index contributed by atoms with van der Waals surface area (Å²) in [6.07, 6.45) is 2.29. The zero-order valence-corrected chi connectivity index (χ0v) is 3.09. The van der Waals surface area contributed by atoms with Gasteiger partial charge in [-0.1, -0.05) is 0 Å². The molecule has 0 amide bonds. The van der Waals surface area contributed by atoms with Gasteiger partial charge in [0.15, 0.2) is 6.23 Å². The number of hydrogen-bond acceptors (Lipinski definition) is 3. The van der Waals surface area contributed by atoms with E-state index in [1.807, 2.05) is 0 Å². The summed E-state index contributed by atoms with van der Waals surface area (Å²) in [5, 5.41) is 8.41. The van der Waals surface area contributed by atoms with Crippen molar-refractivity contribution in [1.29, 1.82) is 0 Å². The number of rotatable bonds is 0. The van der Waals surface area contributed by atoms with E-state index in [1.165, 1.54) is 12.3 Å². The maximum atomic E-state index is 8.41. The van der Waals surface area contributed by atoms with Crippen molar-refractivity contribution in [2.45, 2.75) is 6.23 Å². The first-order valence-corrected chi connectivity index (χ1v) is 1.65. The largest absolute Gasteiger partial charge is 0.414 e. The van der Waals surface area contributed by atoms with Gasteiger partial charge in [0.1, 0.15) is 6.26 Å². The van der Waals surface area contributed by atoms with Gasteiger partial charge in [0.25, 0.3) is 0 Å². The maximum absolute atomic E-state index is 8.41. The van der Waals surface area contributed by atoms with E-state index < -0.39 is 6.23 Å².